The van der Waals surface area contributed by atoms with E-state index < -0.39 is 11.2 Å². The van der Waals surface area contributed by atoms with Crippen molar-refractivity contribution in [3.8, 4) is 5.75 Å². The molecule has 0 bridgehead atoms. The predicted octanol–water partition coefficient (Wildman–Crippen LogP) is 3.21. The Morgan fingerprint density at radius 3 is 2.45 bits per heavy atom. The number of hydrogen-bond donors (Lipinski definition) is 0. The molecular weight excluding hydrogens is 418 g/mol. The third kappa shape index (κ3) is 5.25. The Kier molecular flexibility index (Phi) is 7.07. The summed E-state index contributed by atoms with van der Waals surface area (Å²) in [6, 6.07) is 18.6. The second kappa shape index (κ2) is 10.3. The maximum atomic E-state index is 13.4. The molecule has 0 radical (unpaired) electrons. The largest absolute Gasteiger partial charge is 0.497 e. The van der Waals surface area contributed by atoms with Crippen LogP contribution in [0.5, 0.6) is 5.75 Å². The second-order valence-electron chi connectivity index (χ2n) is 8.36. The average Bonchev–Trinajstić information content (AvgIpc) is 3.10. The van der Waals surface area contributed by atoms with Crippen LogP contribution in [0.1, 0.15) is 42.9 Å². The van der Waals surface area contributed by atoms with Gasteiger partial charge in [0.1, 0.15) is 12.3 Å². The van der Waals surface area contributed by atoms with Gasteiger partial charge in [-0.2, -0.15) is 0 Å². The van der Waals surface area contributed by atoms with Crippen molar-refractivity contribution >= 4 is 5.91 Å². The molecule has 4 rings (SSSR count). The van der Waals surface area contributed by atoms with E-state index in [1.54, 1.807) is 7.11 Å². The number of nitrogens with zero attached hydrogens (tertiary/aromatic N) is 3. The average molecular weight is 448 g/mol. The number of rotatable bonds is 6. The molecule has 1 aromatic heterocycles. The van der Waals surface area contributed by atoms with Gasteiger partial charge in [-0.1, -0.05) is 55.3 Å². The number of ether oxygens (including phenoxy) is 1. The first-order valence-corrected chi connectivity index (χ1v) is 11.3. The monoisotopic (exact) mass is 447 g/mol. The molecule has 2 heterocycles. The molecule has 7 heteroatoms. The molecule has 2 aromatic carbocycles. The highest BCUT2D eigenvalue weighted by Gasteiger charge is 2.27. The smallest absolute Gasteiger partial charge is 0.331 e. The molecule has 0 unspecified atom stereocenters. The molecule has 1 aliphatic rings. The van der Waals surface area contributed by atoms with Crippen LogP contribution in [0.2, 0.25) is 0 Å². The first kappa shape index (κ1) is 22.6. The van der Waals surface area contributed by atoms with E-state index in [2.05, 4.69) is 0 Å². The molecule has 0 saturated carbocycles. The van der Waals surface area contributed by atoms with Crippen LogP contribution in [0.4, 0.5) is 0 Å². The number of methoxy groups -OCH3 is 1. The number of likely N-dealkylation sites (tertiary alicyclic amines) is 1. The molecule has 0 aliphatic carbocycles. The van der Waals surface area contributed by atoms with Crippen molar-refractivity contribution in [2.45, 2.75) is 44.8 Å². The molecule has 3 aromatic rings. The fourth-order valence-corrected chi connectivity index (χ4v) is 4.41. The van der Waals surface area contributed by atoms with Gasteiger partial charge in [0.25, 0.3) is 5.56 Å². The van der Waals surface area contributed by atoms with Crippen LogP contribution in [0, 0.1) is 0 Å². The zero-order valence-corrected chi connectivity index (χ0v) is 18.9. The Balaban J connectivity index is 1.59. The molecule has 0 spiro atoms. The summed E-state index contributed by atoms with van der Waals surface area (Å²) in [6.45, 7) is 0.682. The quantitative estimate of drug-likeness (QED) is 0.582. The van der Waals surface area contributed by atoms with Gasteiger partial charge >= 0.3 is 5.69 Å². The van der Waals surface area contributed by atoms with Gasteiger partial charge in [-0.05, 0) is 36.1 Å². The number of hydrogen-bond acceptors (Lipinski definition) is 4. The number of benzene rings is 2. The minimum absolute atomic E-state index is 0.0862. The van der Waals surface area contributed by atoms with Crippen LogP contribution in [-0.2, 0) is 17.9 Å². The van der Waals surface area contributed by atoms with Crippen LogP contribution in [0.25, 0.3) is 0 Å². The fraction of sp³-hybridized carbons (Fsp3) is 0.346. The van der Waals surface area contributed by atoms with Crippen molar-refractivity contribution < 1.29 is 9.53 Å². The van der Waals surface area contributed by atoms with Gasteiger partial charge in [-0.25, -0.2) is 4.79 Å². The highest BCUT2D eigenvalue weighted by molar-refractivity contribution is 5.76. The number of carbonyl (C=O) groups is 1. The van der Waals surface area contributed by atoms with Crippen molar-refractivity contribution in [2.75, 3.05) is 13.7 Å². The zero-order valence-electron chi connectivity index (χ0n) is 18.9. The lowest BCUT2D eigenvalue weighted by Gasteiger charge is -2.31. The van der Waals surface area contributed by atoms with Gasteiger partial charge in [0, 0.05) is 18.8 Å². The summed E-state index contributed by atoms with van der Waals surface area (Å²) >= 11 is 0. The Labute approximate surface area is 192 Å². The first-order chi connectivity index (χ1) is 16.1. The lowest BCUT2D eigenvalue weighted by Crippen LogP contribution is -2.45. The van der Waals surface area contributed by atoms with Gasteiger partial charge < -0.3 is 9.64 Å². The molecule has 7 nitrogen and oxygen atoms in total. The van der Waals surface area contributed by atoms with Crippen molar-refractivity contribution in [3.05, 3.63) is 98.8 Å². The highest BCUT2D eigenvalue weighted by Crippen LogP contribution is 2.31. The van der Waals surface area contributed by atoms with Crippen molar-refractivity contribution in [1.82, 2.24) is 14.0 Å². The maximum absolute atomic E-state index is 13.4. The zero-order chi connectivity index (χ0) is 23.2. The second-order valence-corrected chi connectivity index (χ2v) is 8.36. The maximum Gasteiger partial charge on any atom is 0.331 e. The summed E-state index contributed by atoms with van der Waals surface area (Å²) in [6.07, 6.45) is 5.31. The third-order valence-electron chi connectivity index (χ3n) is 6.20. The van der Waals surface area contributed by atoms with E-state index in [9.17, 15) is 14.4 Å². The van der Waals surface area contributed by atoms with E-state index in [0.717, 1.165) is 47.1 Å². The molecule has 1 atom stereocenters. The third-order valence-corrected chi connectivity index (χ3v) is 6.20. The van der Waals surface area contributed by atoms with E-state index in [-0.39, 0.29) is 18.5 Å². The summed E-state index contributed by atoms with van der Waals surface area (Å²) in [5, 5.41) is 0. The summed E-state index contributed by atoms with van der Waals surface area (Å²) in [4.78, 5) is 40.8. The van der Waals surface area contributed by atoms with E-state index in [0.29, 0.717) is 13.1 Å². The van der Waals surface area contributed by atoms with Crippen LogP contribution in [-0.4, -0.2) is 33.6 Å². The topological polar surface area (TPSA) is 73.5 Å². The summed E-state index contributed by atoms with van der Waals surface area (Å²) < 4.78 is 7.77. The van der Waals surface area contributed by atoms with E-state index in [1.807, 2.05) is 59.5 Å². The SMILES string of the molecule is COc1ccc([C@H]2CCCCCN2C(=O)Cn2c(=O)ccn(Cc3ccccc3)c2=O)cc1. The van der Waals surface area contributed by atoms with Crippen molar-refractivity contribution in [1.29, 1.82) is 0 Å². The lowest BCUT2D eigenvalue weighted by atomic mass is 10.0. The summed E-state index contributed by atoms with van der Waals surface area (Å²) in [5.41, 5.74) is 1.04. The van der Waals surface area contributed by atoms with Gasteiger partial charge in [-0.15, -0.1) is 0 Å². The normalized spacial score (nSPS) is 16.3. The molecule has 1 aliphatic heterocycles. The van der Waals surface area contributed by atoms with Crippen LogP contribution in [0.15, 0.2) is 76.4 Å². The Bertz CT molecular complexity index is 1200. The standard InChI is InChI=1S/C26H29N3O4/c1-33-22-13-11-21(12-14-22)23-10-6-3-7-16-28(23)25(31)19-29-24(30)15-17-27(26(29)32)18-20-8-4-2-5-9-20/h2,4-5,8-9,11-15,17,23H,3,6-7,10,16,18-19H2,1H3/t23-/m1/s1. The van der Waals surface area contributed by atoms with E-state index in [1.165, 1.54) is 16.8 Å². The first-order valence-electron chi connectivity index (χ1n) is 11.3. The summed E-state index contributed by atoms with van der Waals surface area (Å²) in [7, 11) is 1.62. The van der Waals surface area contributed by atoms with E-state index >= 15 is 0 Å². The Morgan fingerprint density at radius 2 is 1.73 bits per heavy atom. The Morgan fingerprint density at radius 1 is 0.970 bits per heavy atom. The number of aromatic nitrogens is 2. The lowest BCUT2D eigenvalue weighted by molar-refractivity contribution is -0.134. The minimum atomic E-state index is -0.476. The van der Waals surface area contributed by atoms with Gasteiger partial charge in [-0.3, -0.25) is 18.7 Å². The van der Waals surface area contributed by atoms with E-state index in [4.69, 9.17) is 4.74 Å². The predicted molar refractivity (Wildman–Crippen MR) is 126 cm³/mol. The number of carbonyl (C=O) groups excluding carboxylic acids is 1. The van der Waals surface area contributed by atoms with Gasteiger partial charge in [0.15, 0.2) is 0 Å². The molecule has 1 fully saturated rings. The highest BCUT2D eigenvalue weighted by atomic mass is 16.5. The van der Waals surface area contributed by atoms with Crippen LogP contribution in [0.3, 0.4) is 0 Å². The Hall–Kier alpha value is -3.61. The molecule has 172 valence electrons. The molecular formula is C26H29N3O4. The van der Waals surface area contributed by atoms with Gasteiger partial charge in [0.05, 0.1) is 19.7 Å². The molecule has 0 N–H and O–H groups in total. The van der Waals surface area contributed by atoms with Crippen LogP contribution >= 0.6 is 0 Å². The molecule has 33 heavy (non-hydrogen) atoms. The number of amides is 1. The van der Waals surface area contributed by atoms with Crippen LogP contribution < -0.4 is 16.0 Å². The minimum Gasteiger partial charge on any atom is -0.497 e. The fourth-order valence-electron chi connectivity index (χ4n) is 4.41. The van der Waals surface area contributed by atoms with Gasteiger partial charge in [0.2, 0.25) is 5.91 Å². The molecule has 1 amide bonds. The summed E-state index contributed by atoms with van der Waals surface area (Å²) in [5.74, 6) is 0.550. The molecule has 1 saturated heterocycles. The van der Waals surface area contributed by atoms with Crippen molar-refractivity contribution in [3.63, 3.8) is 0 Å². The van der Waals surface area contributed by atoms with Crippen molar-refractivity contribution in [2.24, 2.45) is 0 Å².